The van der Waals surface area contributed by atoms with Crippen LogP contribution >= 0.6 is 24.0 Å². The molecular weight excluding hydrogens is 284 g/mol. The highest BCUT2D eigenvalue weighted by Gasteiger charge is 2.15. The molecule has 1 aliphatic rings. The van der Waals surface area contributed by atoms with Crippen molar-refractivity contribution in [3.05, 3.63) is 48.0 Å². The highest BCUT2D eigenvalue weighted by molar-refractivity contribution is 7.99. The summed E-state index contributed by atoms with van der Waals surface area (Å²) in [5.74, 6) is 0. The van der Waals surface area contributed by atoms with Crippen molar-refractivity contribution >= 4 is 40.3 Å². The van der Waals surface area contributed by atoms with Crippen molar-refractivity contribution in [3.8, 4) is 0 Å². The highest BCUT2D eigenvalue weighted by Crippen LogP contribution is 2.44. The van der Waals surface area contributed by atoms with Crippen LogP contribution in [0.5, 0.6) is 0 Å². The lowest BCUT2D eigenvalue weighted by atomic mass is 10.2. The number of benzene rings is 2. The van der Waals surface area contributed by atoms with Gasteiger partial charge in [-0.2, -0.15) is 0 Å². The van der Waals surface area contributed by atoms with Gasteiger partial charge in [0, 0.05) is 21.9 Å². The molecule has 0 saturated heterocycles. The zero-order valence-electron chi connectivity index (χ0n) is 11.3. The quantitative estimate of drug-likeness (QED) is 0.692. The van der Waals surface area contributed by atoms with E-state index in [9.17, 15) is 0 Å². The van der Waals surface area contributed by atoms with Crippen LogP contribution in [0.15, 0.2) is 52.3 Å². The molecule has 0 radical (unpaired) electrons. The molecule has 102 valence electrons. The molecule has 3 rings (SSSR count). The van der Waals surface area contributed by atoms with Gasteiger partial charge in [0.2, 0.25) is 0 Å². The van der Waals surface area contributed by atoms with Crippen LogP contribution in [0.2, 0.25) is 0 Å². The van der Waals surface area contributed by atoms with Gasteiger partial charge in [0.15, 0.2) is 0 Å². The van der Waals surface area contributed by atoms with Crippen LogP contribution in [-0.2, 0) is 0 Å². The maximum Gasteiger partial charge on any atom is 0.106 e. The van der Waals surface area contributed by atoms with E-state index in [0.29, 0.717) is 0 Å². The minimum absolute atomic E-state index is 0.820. The number of anilines is 2. The summed E-state index contributed by atoms with van der Waals surface area (Å²) in [5.41, 5.74) is 3.36. The van der Waals surface area contributed by atoms with E-state index >= 15 is 0 Å². The number of fused-ring (bicyclic) bond motifs is 2. The van der Waals surface area contributed by atoms with Gasteiger partial charge in [-0.15, -0.1) is 0 Å². The van der Waals surface area contributed by atoms with Crippen molar-refractivity contribution in [1.82, 2.24) is 5.32 Å². The van der Waals surface area contributed by atoms with Crippen LogP contribution in [-0.4, -0.2) is 11.5 Å². The molecular formula is C16H16N2S2. The standard InChI is InChI=1S/C16H16N2S2/c1-2-9-17-16(19)11-7-8-15-13(10-11)18-12-5-3-4-6-14(12)20-15/h3-8,10,18H,2,9H2,1H3,(H,17,19). The van der Waals surface area contributed by atoms with E-state index in [2.05, 4.69) is 60.0 Å². The van der Waals surface area contributed by atoms with Crippen molar-refractivity contribution in [2.75, 3.05) is 11.9 Å². The third-order valence-electron chi connectivity index (χ3n) is 3.15. The third kappa shape index (κ3) is 2.67. The number of rotatable bonds is 3. The van der Waals surface area contributed by atoms with E-state index in [-0.39, 0.29) is 0 Å². The van der Waals surface area contributed by atoms with Gasteiger partial charge in [0.25, 0.3) is 0 Å². The van der Waals surface area contributed by atoms with Crippen LogP contribution in [0.1, 0.15) is 18.9 Å². The summed E-state index contributed by atoms with van der Waals surface area (Å²) >= 11 is 7.22. The molecule has 0 fully saturated rings. The molecule has 2 aromatic rings. The summed E-state index contributed by atoms with van der Waals surface area (Å²) in [7, 11) is 0. The lowest BCUT2D eigenvalue weighted by Gasteiger charge is -2.21. The summed E-state index contributed by atoms with van der Waals surface area (Å²) < 4.78 is 0. The van der Waals surface area contributed by atoms with E-state index in [1.54, 1.807) is 11.8 Å². The summed E-state index contributed by atoms with van der Waals surface area (Å²) in [6, 6.07) is 14.7. The van der Waals surface area contributed by atoms with Gasteiger partial charge in [-0.25, -0.2) is 0 Å². The fraction of sp³-hybridized carbons (Fsp3) is 0.188. The first-order valence-corrected chi connectivity index (χ1v) is 7.96. The highest BCUT2D eigenvalue weighted by atomic mass is 32.2. The molecule has 20 heavy (non-hydrogen) atoms. The molecule has 0 aliphatic carbocycles. The summed E-state index contributed by atoms with van der Waals surface area (Å²) in [6.07, 6.45) is 1.08. The van der Waals surface area contributed by atoms with Crippen LogP contribution in [0.4, 0.5) is 11.4 Å². The predicted molar refractivity (Wildman–Crippen MR) is 90.3 cm³/mol. The molecule has 0 aromatic heterocycles. The molecule has 0 bridgehead atoms. The molecule has 0 saturated carbocycles. The minimum atomic E-state index is 0.820. The van der Waals surface area contributed by atoms with E-state index in [0.717, 1.165) is 34.9 Å². The first-order chi connectivity index (χ1) is 9.78. The first-order valence-electron chi connectivity index (χ1n) is 6.74. The molecule has 0 amide bonds. The van der Waals surface area contributed by atoms with Crippen LogP contribution in [0.3, 0.4) is 0 Å². The Balaban J connectivity index is 1.86. The summed E-state index contributed by atoms with van der Waals surface area (Å²) in [4.78, 5) is 3.32. The average Bonchev–Trinajstić information content (AvgIpc) is 2.50. The normalized spacial score (nSPS) is 12.1. The molecule has 2 nitrogen and oxygen atoms in total. The van der Waals surface area contributed by atoms with Gasteiger partial charge in [-0.05, 0) is 30.7 Å². The lowest BCUT2D eigenvalue weighted by Crippen LogP contribution is -2.23. The predicted octanol–water partition coefficient (Wildman–Crippen LogP) is 4.57. The maximum atomic E-state index is 5.42. The second-order valence-electron chi connectivity index (χ2n) is 4.69. The second-order valence-corrected chi connectivity index (χ2v) is 6.18. The van der Waals surface area contributed by atoms with Gasteiger partial charge in [-0.1, -0.05) is 49.1 Å². The van der Waals surface area contributed by atoms with Gasteiger partial charge in [0.1, 0.15) is 4.99 Å². The molecule has 0 spiro atoms. The van der Waals surface area contributed by atoms with Gasteiger partial charge in [0.05, 0.1) is 11.4 Å². The van der Waals surface area contributed by atoms with Crippen molar-refractivity contribution in [2.24, 2.45) is 0 Å². The molecule has 2 N–H and O–H groups in total. The largest absolute Gasteiger partial charge is 0.376 e. The third-order valence-corrected chi connectivity index (χ3v) is 4.69. The molecule has 0 unspecified atom stereocenters. The molecule has 4 heteroatoms. The second kappa shape index (κ2) is 5.85. The van der Waals surface area contributed by atoms with E-state index in [1.807, 2.05) is 0 Å². The Kier molecular flexibility index (Phi) is 3.94. The lowest BCUT2D eigenvalue weighted by molar-refractivity contribution is 0.848. The Morgan fingerprint density at radius 2 is 1.95 bits per heavy atom. The fourth-order valence-electron chi connectivity index (χ4n) is 2.12. The SMILES string of the molecule is CCCNC(=S)c1ccc2c(c1)Nc1ccccc1S2. The number of hydrogen-bond donors (Lipinski definition) is 2. The Morgan fingerprint density at radius 3 is 2.80 bits per heavy atom. The Labute approximate surface area is 129 Å². The molecule has 0 atom stereocenters. The van der Waals surface area contributed by atoms with E-state index < -0.39 is 0 Å². The van der Waals surface area contributed by atoms with Crippen molar-refractivity contribution in [3.63, 3.8) is 0 Å². The number of hydrogen-bond acceptors (Lipinski definition) is 3. The zero-order chi connectivity index (χ0) is 13.9. The monoisotopic (exact) mass is 300 g/mol. The van der Waals surface area contributed by atoms with Crippen LogP contribution in [0, 0.1) is 0 Å². The van der Waals surface area contributed by atoms with Gasteiger partial charge >= 0.3 is 0 Å². The number of thiocarbonyl (C=S) groups is 1. The average molecular weight is 300 g/mol. The maximum absolute atomic E-state index is 5.42. The Morgan fingerprint density at radius 1 is 1.15 bits per heavy atom. The van der Waals surface area contributed by atoms with Crippen molar-refractivity contribution in [2.45, 2.75) is 23.1 Å². The molecule has 1 aliphatic heterocycles. The van der Waals surface area contributed by atoms with Gasteiger partial charge < -0.3 is 10.6 Å². The van der Waals surface area contributed by atoms with Crippen molar-refractivity contribution in [1.29, 1.82) is 0 Å². The van der Waals surface area contributed by atoms with Crippen LogP contribution < -0.4 is 10.6 Å². The van der Waals surface area contributed by atoms with Crippen molar-refractivity contribution < 1.29 is 0 Å². The van der Waals surface area contributed by atoms with Crippen LogP contribution in [0.25, 0.3) is 0 Å². The first kappa shape index (κ1) is 13.5. The smallest absolute Gasteiger partial charge is 0.106 e. The van der Waals surface area contributed by atoms with E-state index in [4.69, 9.17) is 12.2 Å². The van der Waals surface area contributed by atoms with E-state index in [1.165, 1.54) is 9.79 Å². The Hall–Kier alpha value is -1.52. The number of nitrogens with one attached hydrogen (secondary N) is 2. The molecule has 1 heterocycles. The molecule has 2 aromatic carbocycles. The number of para-hydroxylation sites is 1. The zero-order valence-corrected chi connectivity index (χ0v) is 12.9. The Bertz CT molecular complexity index is 653. The fourth-order valence-corrected chi connectivity index (χ4v) is 3.32. The minimum Gasteiger partial charge on any atom is -0.376 e. The summed E-state index contributed by atoms with van der Waals surface area (Å²) in [5, 5.41) is 6.76. The summed E-state index contributed by atoms with van der Waals surface area (Å²) in [6.45, 7) is 3.05. The topological polar surface area (TPSA) is 24.1 Å². The van der Waals surface area contributed by atoms with Gasteiger partial charge in [-0.3, -0.25) is 0 Å².